The van der Waals surface area contributed by atoms with E-state index in [0.717, 1.165) is 0 Å². The highest BCUT2D eigenvalue weighted by atomic mass is 16.6. The van der Waals surface area contributed by atoms with Crippen molar-refractivity contribution >= 4 is 34.4 Å². The molecule has 1 aromatic carbocycles. The number of aromatic amines is 1. The summed E-state index contributed by atoms with van der Waals surface area (Å²) in [7, 11) is 0. The van der Waals surface area contributed by atoms with Gasteiger partial charge >= 0.3 is 0 Å². The van der Waals surface area contributed by atoms with E-state index in [1.165, 1.54) is 10.9 Å². The summed E-state index contributed by atoms with van der Waals surface area (Å²) in [5.41, 5.74) is 3.86. The molecule has 1 amide bonds. The van der Waals surface area contributed by atoms with Crippen molar-refractivity contribution in [3.05, 3.63) is 37.1 Å². The van der Waals surface area contributed by atoms with Gasteiger partial charge in [0.2, 0.25) is 11.9 Å². The van der Waals surface area contributed by atoms with Crippen molar-refractivity contribution in [1.29, 1.82) is 0 Å². The van der Waals surface area contributed by atoms with Crippen LogP contribution in [0.4, 0.5) is 17.3 Å². The first-order valence-electron chi connectivity index (χ1n) is 11.0. The highest BCUT2D eigenvalue weighted by Gasteiger charge is 2.44. The maximum Gasteiger partial charge on any atom is 0.280 e. The predicted octanol–water partition coefficient (Wildman–Crippen LogP) is -2.64. The number of fused-ring (bicyclic) bond motifs is 1. The summed E-state index contributed by atoms with van der Waals surface area (Å²) in [6, 6.07) is 0. The Morgan fingerprint density at radius 3 is 2.60 bits per heavy atom. The molecule has 4 rings (SSSR count). The average Bonchev–Trinajstić information content (AvgIpc) is 3.38. The van der Waals surface area contributed by atoms with Gasteiger partial charge in [-0.15, -0.1) is 0 Å². The van der Waals surface area contributed by atoms with Gasteiger partial charge in [-0.25, -0.2) is 4.98 Å². The molecule has 0 unspecified atom stereocenters. The molecule has 0 spiro atoms. The van der Waals surface area contributed by atoms with Crippen LogP contribution in [0.2, 0.25) is 0 Å². The molecule has 15 nitrogen and oxygen atoms in total. The first-order chi connectivity index (χ1) is 16.7. The van der Waals surface area contributed by atoms with Crippen molar-refractivity contribution in [1.82, 2.24) is 24.8 Å². The number of nitrogens with one attached hydrogen (secondary N) is 4. The van der Waals surface area contributed by atoms with Crippen molar-refractivity contribution in [2.75, 3.05) is 36.0 Å². The van der Waals surface area contributed by atoms with Gasteiger partial charge in [0, 0.05) is 26.1 Å². The number of carbonyl (C=O) groups excluding carboxylic acids is 1. The number of aliphatic hydroxyl groups excluding tert-OH is 2. The molecule has 2 aromatic heterocycles. The fourth-order valence-corrected chi connectivity index (χ4v) is 3.84. The standard InChI is InChI=1S/C20H26N8O7/c1-2-9(29)22-4-3-5-23-10-11(15(32)14(10)31)24-6-8-13(30)16(33)19(35-8)28-7-25-12-17(28)26-20(21)27-18(12)34/h7-8,13,16,19,23-24,30,33H,2-6H2,1H3,(H,22,29)(H3,21,26,27,34)/t8-,13-,16-,19-/m1/s1. The van der Waals surface area contributed by atoms with Crippen molar-refractivity contribution in [3.8, 4) is 0 Å². The maximum atomic E-state index is 12.0. The molecule has 1 aliphatic rings. The number of hydrogen-bond donors (Lipinski definition) is 7. The molecule has 1 aliphatic heterocycles. The molecule has 0 saturated carbocycles. The number of aromatic nitrogens is 4. The molecule has 3 heterocycles. The van der Waals surface area contributed by atoms with Crippen LogP contribution in [0.15, 0.2) is 20.7 Å². The van der Waals surface area contributed by atoms with E-state index in [1.54, 1.807) is 6.92 Å². The summed E-state index contributed by atoms with van der Waals surface area (Å²) in [5, 5.41) is 29.4. The number of rotatable bonds is 10. The molecule has 1 saturated heterocycles. The number of nitrogens with zero attached hydrogens (tertiary/aromatic N) is 3. The van der Waals surface area contributed by atoms with Gasteiger partial charge in [0.15, 0.2) is 17.4 Å². The Morgan fingerprint density at radius 2 is 1.89 bits per heavy atom. The minimum atomic E-state index is -1.40. The van der Waals surface area contributed by atoms with Crippen molar-refractivity contribution in [2.45, 2.75) is 44.3 Å². The third-order valence-electron chi connectivity index (χ3n) is 5.75. The second-order valence-electron chi connectivity index (χ2n) is 8.09. The number of anilines is 3. The number of imidazole rings is 1. The van der Waals surface area contributed by atoms with E-state index in [1.807, 2.05) is 0 Å². The fraction of sp³-hybridized carbons (Fsp3) is 0.500. The van der Waals surface area contributed by atoms with Gasteiger partial charge in [0.05, 0.1) is 6.33 Å². The van der Waals surface area contributed by atoms with Crippen LogP contribution < -0.4 is 38.1 Å². The summed E-state index contributed by atoms with van der Waals surface area (Å²) < 4.78 is 7.06. The largest absolute Gasteiger partial charge is 0.387 e. The second-order valence-corrected chi connectivity index (χ2v) is 8.09. The Hall–Kier alpha value is -3.82. The van der Waals surface area contributed by atoms with Crippen LogP contribution in [0, 0.1) is 0 Å². The molecule has 3 aromatic rings. The summed E-state index contributed by atoms with van der Waals surface area (Å²) in [5.74, 6) is -0.227. The summed E-state index contributed by atoms with van der Waals surface area (Å²) in [4.78, 5) is 57.5. The van der Waals surface area contributed by atoms with Crippen LogP contribution in [-0.2, 0) is 9.53 Å². The minimum Gasteiger partial charge on any atom is -0.387 e. The minimum absolute atomic E-state index is 0.0141. The molecule has 1 fully saturated rings. The number of ether oxygens (including phenoxy) is 1. The van der Waals surface area contributed by atoms with Gasteiger partial charge in [0.1, 0.15) is 29.7 Å². The third kappa shape index (κ3) is 4.60. The monoisotopic (exact) mass is 490 g/mol. The van der Waals surface area contributed by atoms with Gasteiger partial charge in [-0.2, -0.15) is 4.98 Å². The van der Waals surface area contributed by atoms with Gasteiger partial charge in [-0.3, -0.25) is 28.7 Å². The molecule has 15 heteroatoms. The van der Waals surface area contributed by atoms with Crippen molar-refractivity contribution < 1.29 is 19.7 Å². The van der Waals surface area contributed by atoms with Crippen molar-refractivity contribution in [3.63, 3.8) is 0 Å². The Labute approximate surface area is 197 Å². The molecular weight excluding hydrogens is 464 g/mol. The molecule has 0 bridgehead atoms. The summed E-state index contributed by atoms with van der Waals surface area (Å²) in [6.45, 7) is 2.43. The molecule has 188 valence electrons. The van der Waals surface area contributed by atoms with E-state index in [4.69, 9.17) is 10.5 Å². The lowest BCUT2D eigenvalue weighted by Gasteiger charge is -2.19. The number of nitrogens with two attached hydrogens (primary N) is 1. The van der Waals surface area contributed by atoms with E-state index >= 15 is 0 Å². The molecule has 0 aliphatic carbocycles. The molecule has 35 heavy (non-hydrogen) atoms. The Morgan fingerprint density at radius 1 is 1.17 bits per heavy atom. The van der Waals surface area contributed by atoms with Crippen LogP contribution in [0.5, 0.6) is 0 Å². The highest BCUT2D eigenvalue weighted by Crippen LogP contribution is 2.31. The van der Waals surface area contributed by atoms with E-state index in [2.05, 4.69) is 30.9 Å². The molecular formula is C20H26N8O7. The zero-order valence-electron chi connectivity index (χ0n) is 18.8. The Bertz CT molecular complexity index is 1360. The molecule has 0 radical (unpaired) electrons. The zero-order valence-corrected chi connectivity index (χ0v) is 18.8. The van der Waals surface area contributed by atoms with Crippen LogP contribution in [0.3, 0.4) is 0 Å². The smallest absolute Gasteiger partial charge is 0.280 e. The van der Waals surface area contributed by atoms with Crippen LogP contribution in [0.25, 0.3) is 11.2 Å². The lowest BCUT2D eigenvalue weighted by molar-refractivity contribution is -0.120. The predicted molar refractivity (Wildman–Crippen MR) is 125 cm³/mol. The topological polar surface area (TPSA) is 227 Å². The number of carbonyl (C=O) groups is 1. The van der Waals surface area contributed by atoms with Gasteiger partial charge in [-0.1, -0.05) is 6.92 Å². The van der Waals surface area contributed by atoms with E-state index in [0.29, 0.717) is 25.9 Å². The zero-order chi connectivity index (χ0) is 25.3. The average molecular weight is 490 g/mol. The van der Waals surface area contributed by atoms with Gasteiger partial charge in [-0.05, 0) is 6.42 Å². The van der Waals surface area contributed by atoms with E-state index < -0.39 is 41.0 Å². The molecule has 4 atom stereocenters. The first kappa shape index (κ1) is 24.3. The molecule has 8 N–H and O–H groups in total. The number of aliphatic hydroxyl groups is 2. The first-order valence-corrected chi connectivity index (χ1v) is 11.0. The highest BCUT2D eigenvalue weighted by molar-refractivity contribution is 5.75. The van der Waals surface area contributed by atoms with E-state index in [9.17, 15) is 29.4 Å². The SMILES string of the molecule is CCC(=O)NCCCNc1c(NC[C@H]2O[C@@H](n3cnc4c(=O)[nH]c(N)nc43)[C@H](O)[C@@H]2O)c(=O)c1=O. The lowest BCUT2D eigenvalue weighted by Crippen LogP contribution is -2.41. The number of hydrogen-bond acceptors (Lipinski definition) is 12. The van der Waals surface area contributed by atoms with E-state index in [-0.39, 0.29) is 40.9 Å². The van der Waals surface area contributed by atoms with Crippen molar-refractivity contribution in [2.24, 2.45) is 0 Å². The number of H-pyrrole nitrogens is 1. The Kier molecular flexibility index (Phi) is 6.81. The number of nitrogen functional groups attached to an aromatic ring is 1. The third-order valence-corrected chi connectivity index (χ3v) is 5.75. The quantitative estimate of drug-likeness (QED) is 0.114. The maximum absolute atomic E-state index is 12.0. The summed E-state index contributed by atoms with van der Waals surface area (Å²) >= 11 is 0. The van der Waals surface area contributed by atoms with Crippen LogP contribution in [0.1, 0.15) is 26.0 Å². The number of amides is 1. The summed E-state index contributed by atoms with van der Waals surface area (Å²) in [6.07, 6.45) is -2.68. The van der Waals surface area contributed by atoms with Crippen LogP contribution >= 0.6 is 0 Å². The van der Waals surface area contributed by atoms with Crippen LogP contribution in [-0.4, -0.2) is 73.6 Å². The Balaban J connectivity index is 1.39. The fourth-order valence-electron chi connectivity index (χ4n) is 3.84. The normalized spacial score (nSPS) is 22.0. The van der Waals surface area contributed by atoms with Gasteiger partial charge in [0.25, 0.3) is 16.4 Å². The lowest BCUT2D eigenvalue weighted by atomic mass is 10.1. The second kappa shape index (κ2) is 9.81. The van der Waals surface area contributed by atoms with Gasteiger partial charge < -0.3 is 36.6 Å².